The number of hydrogen-bond donors (Lipinski definition) is 3. The number of carbonyl (C=O) groups excluding carboxylic acids is 1. The van der Waals surface area contributed by atoms with Crippen molar-refractivity contribution in [2.24, 2.45) is 5.92 Å². The third-order valence-corrected chi connectivity index (χ3v) is 2.34. The Hall–Kier alpha value is -1.14. The highest BCUT2D eigenvalue weighted by Gasteiger charge is 2.19. The predicted molar refractivity (Wildman–Crippen MR) is 68.4 cm³/mol. The van der Waals surface area contributed by atoms with Crippen molar-refractivity contribution in [2.75, 3.05) is 20.3 Å². The Morgan fingerprint density at radius 2 is 1.89 bits per heavy atom. The molecule has 106 valence electrons. The van der Waals surface area contributed by atoms with Crippen LogP contribution in [0.15, 0.2) is 0 Å². The molecule has 6 heteroatoms. The van der Waals surface area contributed by atoms with Gasteiger partial charge in [0.25, 0.3) is 0 Å². The summed E-state index contributed by atoms with van der Waals surface area (Å²) in [6, 6.07) is -0.772. The summed E-state index contributed by atoms with van der Waals surface area (Å²) in [5.41, 5.74) is 0. The first kappa shape index (κ1) is 16.9. The van der Waals surface area contributed by atoms with Gasteiger partial charge in [-0.25, -0.2) is 0 Å². The van der Waals surface area contributed by atoms with Crippen molar-refractivity contribution in [2.45, 2.75) is 39.3 Å². The van der Waals surface area contributed by atoms with Gasteiger partial charge in [0.1, 0.15) is 6.04 Å². The third kappa shape index (κ3) is 8.03. The molecule has 0 aromatic heterocycles. The van der Waals surface area contributed by atoms with Crippen molar-refractivity contribution in [3.63, 3.8) is 0 Å². The zero-order chi connectivity index (χ0) is 14.1. The van der Waals surface area contributed by atoms with Gasteiger partial charge in [-0.3, -0.25) is 14.9 Å². The zero-order valence-corrected chi connectivity index (χ0v) is 11.5. The molecule has 0 heterocycles. The van der Waals surface area contributed by atoms with Crippen LogP contribution in [0.3, 0.4) is 0 Å². The minimum absolute atomic E-state index is 0.00224. The van der Waals surface area contributed by atoms with Gasteiger partial charge in [0.05, 0.1) is 13.2 Å². The number of rotatable bonds is 9. The average molecular weight is 260 g/mol. The van der Waals surface area contributed by atoms with Gasteiger partial charge in [-0.1, -0.05) is 13.8 Å². The third-order valence-electron chi connectivity index (χ3n) is 2.34. The minimum Gasteiger partial charge on any atom is -0.480 e. The highest BCUT2D eigenvalue weighted by molar-refractivity contribution is 5.80. The Morgan fingerprint density at radius 3 is 2.33 bits per heavy atom. The van der Waals surface area contributed by atoms with Gasteiger partial charge in [-0.2, -0.15) is 0 Å². The van der Waals surface area contributed by atoms with Crippen LogP contribution in [0.1, 0.15) is 27.2 Å². The summed E-state index contributed by atoms with van der Waals surface area (Å²) < 4.78 is 4.89. The summed E-state index contributed by atoms with van der Waals surface area (Å²) in [5, 5.41) is 14.4. The van der Waals surface area contributed by atoms with Gasteiger partial charge >= 0.3 is 5.97 Å². The molecule has 0 saturated carbocycles. The topological polar surface area (TPSA) is 87.7 Å². The second-order valence-corrected chi connectivity index (χ2v) is 4.83. The maximum Gasteiger partial charge on any atom is 0.320 e. The molecule has 0 spiro atoms. The van der Waals surface area contributed by atoms with E-state index >= 15 is 0 Å². The molecule has 0 aliphatic heterocycles. The summed E-state index contributed by atoms with van der Waals surface area (Å²) in [6.07, 6.45) is 0.496. The number of nitrogens with one attached hydrogen (secondary N) is 2. The quantitative estimate of drug-likeness (QED) is 0.552. The van der Waals surface area contributed by atoms with Crippen molar-refractivity contribution in [1.82, 2.24) is 10.6 Å². The number of carboxylic acids is 1. The van der Waals surface area contributed by atoms with Crippen LogP contribution in [0.2, 0.25) is 0 Å². The lowest BCUT2D eigenvalue weighted by molar-refractivity contribution is -0.140. The van der Waals surface area contributed by atoms with Crippen LogP contribution < -0.4 is 10.6 Å². The van der Waals surface area contributed by atoms with Crippen molar-refractivity contribution in [3.05, 3.63) is 0 Å². The molecular formula is C12H24N2O4. The second kappa shape index (κ2) is 8.88. The highest BCUT2D eigenvalue weighted by atomic mass is 16.5. The molecule has 0 fully saturated rings. The van der Waals surface area contributed by atoms with E-state index in [0.29, 0.717) is 13.0 Å². The Morgan fingerprint density at radius 1 is 1.28 bits per heavy atom. The Bertz CT molecular complexity index is 269. The fourth-order valence-corrected chi connectivity index (χ4v) is 1.58. The molecule has 0 rings (SSSR count). The maximum absolute atomic E-state index is 11.5. The fourth-order valence-electron chi connectivity index (χ4n) is 1.58. The van der Waals surface area contributed by atoms with Crippen LogP contribution in [0, 0.1) is 5.92 Å². The monoisotopic (exact) mass is 260 g/mol. The molecule has 6 nitrogen and oxygen atoms in total. The minimum atomic E-state index is -0.929. The summed E-state index contributed by atoms with van der Waals surface area (Å²) in [7, 11) is 1.56. The largest absolute Gasteiger partial charge is 0.480 e. The summed E-state index contributed by atoms with van der Waals surface area (Å²) in [4.78, 5) is 22.5. The van der Waals surface area contributed by atoms with E-state index in [1.54, 1.807) is 7.11 Å². The normalized spacial score (nSPS) is 14.3. The predicted octanol–water partition coefficient (Wildman–Crippen LogP) is 0.226. The van der Waals surface area contributed by atoms with Gasteiger partial charge in [0.15, 0.2) is 0 Å². The highest BCUT2D eigenvalue weighted by Crippen LogP contribution is 2.04. The van der Waals surface area contributed by atoms with E-state index in [-0.39, 0.29) is 24.4 Å². The lowest BCUT2D eigenvalue weighted by Crippen LogP contribution is -2.46. The van der Waals surface area contributed by atoms with Crippen LogP contribution in [0.25, 0.3) is 0 Å². The van der Waals surface area contributed by atoms with Crippen molar-refractivity contribution in [3.8, 4) is 0 Å². The van der Waals surface area contributed by atoms with Gasteiger partial charge in [-0.15, -0.1) is 0 Å². The van der Waals surface area contributed by atoms with Crippen LogP contribution >= 0.6 is 0 Å². The SMILES string of the molecule is COCC(C)NC(=O)CNC(CC(C)C)C(=O)O. The van der Waals surface area contributed by atoms with Crippen LogP contribution in [0.4, 0.5) is 0 Å². The molecule has 2 atom stereocenters. The van der Waals surface area contributed by atoms with Crippen LogP contribution in [-0.4, -0.2) is 49.3 Å². The first-order chi connectivity index (χ1) is 8.36. The Labute approximate surface area is 108 Å². The van der Waals surface area contributed by atoms with E-state index in [9.17, 15) is 9.59 Å². The molecule has 0 aromatic carbocycles. The first-order valence-electron chi connectivity index (χ1n) is 6.11. The molecular weight excluding hydrogens is 236 g/mol. The molecule has 2 unspecified atom stereocenters. The maximum atomic E-state index is 11.5. The summed E-state index contributed by atoms with van der Waals surface area (Å²) in [5.74, 6) is -0.898. The zero-order valence-electron chi connectivity index (χ0n) is 11.5. The molecule has 0 aliphatic carbocycles. The number of carbonyl (C=O) groups is 2. The van der Waals surface area contributed by atoms with Gasteiger partial charge in [0, 0.05) is 13.2 Å². The van der Waals surface area contributed by atoms with E-state index in [1.807, 2.05) is 20.8 Å². The van der Waals surface area contributed by atoms with Gasteiger partial charge < -0.3 is 15.2 Å². The molecule has 0 bridgehead atoms. The number of aliphatic carboxylic acids is 1. The molecule has 1 amide bonds. The molecule has 18 heavy (non-hydrogen) atoms. The molecule has 0 saturated heterocycles. The number of ether oxygens (including phenoxy) is 1. The number of amides is 1. The summed E-state index contributed by atoms with van der Waals surface area (Å²) >= 11 is 0. The van der Waals surface area contributed by atoms with E-state index in [4.69, 9.17) is 9.84 Å². The van der Waals surface area contributed by atoms with Crippen molar-refractivity contribution < 1.29 is 19.4 Å². The number of carboxylic acid groups (broad SMARTS) is 1. The molecule has 0 aliphatic rings. The van der Waals surface area contributed by atoms with E-state index in [0.717, 1.165) is 0 Å². The second-order valence-electron chi connectivity index (χ2n) is 4.83. The van der Waals surface area contributed by atoms with Gasteiger partial charge in [-0.05, 0) is 19.3 Å². The fraction of sp³-hybridized carbons (Fsp3) is 0.833. The first-order valence-corrected chi connectivity index (χ1v) is 6.11. The lowest BCUT2D eigenvalue weighted by Gasteiger charge is -2.17. The number of methoxy groups -OCH3 is 1. The van der Waals surface area contributed by atoms with Crippen molar-refractivity contribution >= 4 is 11.9 Å². The molecule has 0 radical (unpaired) electrons. The Kier molecular flexibility index (Phi) is 8.32. The van der Waals surface area contributed by atoms with Crippen LogP contribution in [-0.2, 0) is 14.3 Å². The molecule has 0 aromatic rings. The Balaban J connectivity index is 4.03. The lowest BCUT2D eigenvalue weighted by atomic mass is 10.0. The average Bonchev–Trinajstić information content (AvgIpc) is 2.23. The summed E-state index contributed by atoms with van der Waals surface area (Å²) in [6.45, 7) is 6.14. The van der Waals surface area contributed by atoms with Crippen LogP contribution in [0.5, 0.6) is 0 Å². The van der Waals surface area contributed by atoms with Crippen molar-refractivity contribution in [1.29, 1.82) is 0 Å². The van der Waals surface area contributed by atoms with Gasteiger partial charge in [0.2, 0.25) is 5.91 Å². The smallest absolute Gasteiger partial charge is 0.320 e. The standard InChI is InChI=1S/C12H24N2O4/c1-8(2)5-10(12(16)17)13-6-11(15)14-9(3)7-18-4/h8-10,13H,5-7H2,1-4H3,(H,14,15)(H,16,17). The number of hydrogen-bond acceptors (Lipinski definition) is 4. The molecule has 3 N–H and O–H groups in total. The van der Waals surface area contributed by atoms with E-state index in [1.165, 1.54) is 0 Å². The van der Waals surface area contributed by atoms with E-state index in [2.05, 4.69) is 10.6 Å². The van der Waals surface area contributed by atoms with E-state index < -0.39 is 12.0 Å².